The van der Waals surface area contributed by atoms with Crippen molar-refractivity contribution in [2.24, 2.45) is 0 Å². The summed E-state index contributed by atoms with van der Waals surface area (Å²) in [5, 5.41) is 2.83. The minimum Gasteiger partial charge on any atom is -0.399 e. The van der Waals surface area contributed by atoms with E-state index in [2.05, 4.69) is 5.32 Å². The number of nitrogens with zero attached hydrogens (tertiary/aromatic N) is 1. The third-order valence-electron chi connectivity index (χ3n) is 3.13. The normalized spacial score (nSPS) is 10.3. The number of unbranched alkanes of at least 4 members (excludes halogenated alkanes) is 1. The average Bonchev–Trinajstić information content (AvgIpc) is 2.48. The summed E-state index contributed by atoms with van der Waals surface area (Å²) in [6, 6.07) is 10.2. The lowest BCUT2D eigenvalue weighted by molar-refractivity contribution is -0.116. The van der Waals surface area contributed by atoms with Crippen LogP contribution in [0.4, 0.5) is 11.4 Å². The van der Waals surface area contributed by atoms with Crippen LogP contribution >= 0.6 is 0 Å². The van der Waals surface area contributed by atoms with Crippen molar-refractivity contribution in [2.75, 3.05) is 11.1 Å². The van der Waals surface area contributed by atoms with Crippen LogP contribution < -0.4 is 16.5 Å². The van der Waals surface area contributed by atoms with E-state index in [1.165, 1.54) is 12.1 Å². The molecule has 0 saturated carbocycles. The van der Waals surface area contributed by atoms with Gasteiger partial charge in [0.15, 0.2) is 5.43 Å². The number of nitrogen functional groups attached to an aromatic ring is 1. The molecular formula is C16H19N3O2. The van der Waals surface area contributed by atoms with Crippen LogP contribution in [0.25, 0.3) is 0 Å². The minimum absolute atomic E-state index is 0.000299. The molecule has 21 heavy (non-hydrogen) atoms. The number of nitrogens with two attached hydrogens (primary N) is 1. The lowest BCUT2D eigenvalue weighted by Gasteiger charge is -2.07. The van der Waals surface area contributed by atoms with Crippen LogP contribution in [0.3, 0.4) is 0 Å². The molecule has 0 saturated heterocycles. The van der Waals surface area contributed by atoms with Crippen LogP contribution in [-0.2, 0) is 11.3 Å². The fourth-order valence-corrected chi connectivity index (χ4v) is 1.96. The van der Waals surface area contributed by atoms with Gasteiger partial charge in [-0.15, -0.1) is 0 Å². The maximum absolute atomic E-state index is 11.8. The number of anilines is 2. The summed E-state index contributed by atoms with van der Waals surface area (Å²) in [5.41, 5.74) is 7.03. The fraction of sp³-hybridized carbons (Fsp3) is 0.250. The zero-order chi connectivity index (χ0) is 15.1. The van der Waals surface area contributed by atoms with Gasteiger partial charge in [-0.1, -0.05) is 0 Å². The summed E-state index contributed by atoms with van der Waals surface area (Å²) in [6.07, 6.45) is 5.68. The first-order valence-electron chi connectivity index (χ1n) is 6.95. The van der Waals surface area contributed by atoms with Crippen LogP contribution in [0.1, 0.15) is 19.3 Å². The van der Waals surface area contributed by atoms with E-state index < -0.39 is 0 Å². The van der Waals surface area contributed by atoms with E-state index >= 15 is 0 Å². The Labute approximate surface area is 123 Å². The number of pyridine rings is 1. The molecule has 1 aromatic heterocycles. The highest BCUT2D eigenvalue weighted by Crippen LogP contribution is 2.11. The molecule has 0 spiro atoms. The molecule has 0 atom stereocenters. The number of aromatic nitrogens is 1. The van der Waals surface area contributed by atoms with Crippen molar-refractivity contribution in [1.82, 2.24) is 4.57 Å². The molecule has 110 valence electrons. The van der Waals surface area contributed by atoms with Crippen LogP contribution in [-0.4, -0.2) is 10.5 Å². The molecule has 0 radical (unpaired) electrons. The van der Waals surface area contributed by atoms with Gasteiger partial charge in [-0.3, -0.25) is 9.59 Å². The number of rotatable bonds is 6. The van der Waals surface area contributed by atoms with Gasteiger partial charge in [-0.25, -0.2) is 0 Å². The van der Waals surface area contributed by atoms with E-state index in [-0.39, 0.29) is 11.3 Å². The molecule has 0 aliphatic heterocycles. The van der Waals surface area contributed by atoms with Gasteiger partial charge < -0.3 is 15.6 Å². The molecule has 2 rings (SSSR count). The van der Waals surface area contributed by atoms with Crippen LogP contribution in [0, 0.1) is 0 Å². The number of hydrogen-bond donors (Lipinski definition) is 2. The van der Waals surface area contributed by atoms with E-state index in [1.54, 1.807) is 36.7 Å². The Hall–Kier alpha value is -2.56. The molecule has 3 N–H and O–H groups in total. The van der Waals surface area contributed by atoms with Gasteiger partial charge in [-0.05, 0) is 37.1 Å². The molecule has 0 bridgehead atoms. The lowest BCUT2D eigenvalue weighted by Crippen LogP contribution is -2.11. The number of amides is 1. The van der Waals surface area contributed by atoms with Crippen LogP contribution in [0.15, 0.2) is 53.6 Å². The van der Waals surface area contributed by atoms with Gasteiger partial charge in [0.1, 0.15) is 0 Å². The second-order valence-electron chi connectivity index (χ2n) is 4.90. The van der Waals surface area contributed by atoms with E-state index in [4.69, 9.17) is 5.73 Å². The van der Waals surface area contributed by atoms with E-state index in [1.807, 2.05) is 4.57 Å². The first-order chi connectivity index (χ1) is 10.1. The number of hydrogen-bond acceptors (Lipinski definition) is 3. The van der Waals surface area contributed by atoms with Crippen LogP contribution in [0.5, 0.6) is 0 Å². The van der Waals surface area contributed by atoms with Crippen LogP contribution in [0.2, 0.25) is 0 Å². The van der Waals surface area contributed by atoms with Gasteiger partial charge in [-0.2, -0.15) is 0 Å². The predicted octanol–water partition coefficient (Wildman–Crippen LogP) is 2.24. The van der Waals surface area contributed by atoms with Crippen molar-refractivity contribution in [3.05, 3.63) is 59.0 Å². The number of benzene rings is 1. The summed E-state index contributed by atoms with van der Waals surface area (Å²) in [5.74, 6) is -0.000299. The maximum atomic E-state index is 11.8. The topological polar surface area (TPSA) is 77.1 Å². The third-order valence-corrected chi connectivity index (χ3v) is 3.13. The van der Waals surface area contributed by atoms with Gasteiger partial charge >= 0.3 is 0 Å². The van der Waals surface area contributed by atoms with Gasteiger partial charge in [0.05, 0.1) is 0 Å². The molecule has 5 nitrogen and oxygen atoms in total. The van der Waals surface area contributed by atoms with Gasteiger partial charge in [0, 0.05) is 48.9 Å². The number of carbonyl (C=O) groups is 1. The van der Waals surface area contributed by atoms with Crippen molar-refractivity contribution in [3.8, 4) is 0 Å². The van der Waals surface area contributed by atoms with E-state index in [0.717, 1.165) is 25.1 Å². The molecule has 0 fully saturated rings. The first-order valence-corrected chi connectivity index (χ1v) is 6.95. The Balaban J connectivity index is 1.68. The zero-order valence-electron chi connectivity index (χ0n) is 11.8. The van der Waals surface area contributed by atoms with Crippen molar-refractivity contribution < 1.29 is 4.79 Å². The summed E-state index contributed by atoms with van der Waals surface area (Å²) >= 11 is 0. The van der Waals surface area contributed by atoms with E-state index in [9.17, 15) is 9.59 Å². The number of carbonyl (C=O) groups excluding carboxylic acids is 1. The number of nitrogens with one attached hydrogen (secondary N) is 1. The lowest BCUT2D eigenvalue weighted by atomic mass is 10.2. The number of aryl methyl sites for hydroxylation is 1. The minimum atomic E-state index is -0.000299. The van der Waals surface area contributed by atoms with Crippen molar-refractivity contribution >= 4 is 17.3 Å². The summed E-state index contributed by atoms with van der Waals surface area (Å²) in [6.45, 7) is 0.801. The third kappa shape index (κ3) is 5.14. The Morgan fingerprint density at radius 3 is 2.38 bits per heavy atom. The maximum Gasteiger partial charge on any atom is 0.224 e. The highest BCUT2D eigenvalue weighted by molar-refractivity contribution is 5.90. The molecule has 0 unspecified atom stereocenters. The standard InChI is InChI=1S/C16H19N3O2/c17-13-4-6-14(7-5-13)18-16(21)3-1-2-10-19-11-8-15(20)9-12-19/h4-9,11-12H,1-3,10,17H2,(H,18,21). The second kappa shape index (κ2) is 7.28. The molecule has 2 aromatic rings. The molecule has 0 aliphatic rings. The van der Waals surface area contributed by atoms with Crippen molar-refractivity contribution in [2.45, 2.75) is 25.8 Å². The largest absolute Gasteiger partial charge is 0.399 e. The predicted molar refractivity (Wildman–Crippen MR) is 84.0 cm³/mol. The van der Waals surface area contributed by atoms with E-state index in [0.29, 0.717) is 12.1 Å². The Bertz CT molecular complexity index is 627. The summed E-state index contributed by atoms with van der Waals surface area (Å²) in [4.78, 5) is 22.7. The highest BCUT2D eigenvalue weighted by atomic mass is 16.1. The second-order valence-corrected chi connectivity index (χ2v) is 4.90. The van der Waals surface area contributed by atoms with Crippen molar-refractivity contribution in [3.63, 3.8) is 0 Å². The smallest absolute Gasteiger partial charge is 0.224 e. The Morgan fingerprint density at radius 1 is 1.05 bits per heavy atom. The monoisotopic (exact) mass is 285 g/mol. The molecule has 5 heteroatoms. The summed E-state index contributed by atoms with van der Waals surface area (Å²) in [7, 11) is 0. The van der Waals surface area contributed by atoms with Crippen molar-refractivity contribution in [1.29, 1.82) is 0 Å². The average molecular weight is 285 g/mol. The first kappa shape index (κ1) is 14.8. The van der Waals surface area contributed by atoms with Gasteiger partial charge in [0.25, 0.3) is 0 Å². The quantitative estimate of drug-likeness (QED) is 0.631. The zero-order valence-corrected chi connectivity index (χ0v) is 11.8. The summed E-state index contributed by atoms with van der Waals surface area (Å²) < 4.78 is 1.94. The Kier molecular flexibility index (Phi) is 5.15. The van der Waals surface area contributed by atoms with Gasteiger partial charge in [0.2, 0.25) is 5.91 Å². The molecular weight excluding hydrogens is 266 g/mol. The molecule has 0 aliphatic carbocycles. The SMILES string of the molecule is Nc1ccc(NC(=O)CCCCn2ccc(=O)cc2)cc1. The molecule has 1 heterocycles. The molecule has 1 amide bonds. The Morgan fingerprint density at radius 2 is 1.71 bits per heavy atom. The fourth-order valence-electron chi connectivity index (χ4n) is 1.96. The molecule has 1 aromatic carbocycles. The highest BCUT2D eigenvalue weighted by Gasteiger charge is 2.02.